The molecule has 1 heterocycles. The van der Waals surface area contributed by atoms with E-state index < -0.39 is 23.9 Å². The van der Waals surface area contributed by atoms with Crippen molar-refractivity contribution in [2.45, 2.75) is 27.2 Å². The minimum absolute atomic E-state index is 0.00435. The highest BCUT2D eigenvalue weighted by atomic mass is 16.8. The number of carbonyl (C=O) groups excluding carboxylic acids is 2. The molecular formula is C9H13NO5. The van der Waals surface area contributed by atoms with E-state index in [0.29, 0.717) is 5.06 Å². The van der Waals surface area contributed by atoms with Gasteiger partial charge in [-0.2, -0.15) is 0 Å². The predicted molar refractivity (Wildman–Crippen MR) is 48.5 cm³/mol. The van der Waals surface area contributed by atoms with E-state index in [1.54, 1.807) is 0 Å². The third-order valence-corrected chi connectivity index (χ3v) is 2.32. The fourth-order valence-corrected chi connectivity index (χ4v) is 1.46. The molecule has 0 bridgehead atoms. The van der Waals surface area contributed by atoms with Crippen LogP contribution < -0.4 is 0 Å². The molecule has 0 aromatic carbocycles. The SMILES string of the molecule is CC(C)(C)C1CC(=O)N(OC(=O)O)C1=O. The average molecular weight is 215 g/mol. The summed E-state index contributed by atoms with van der Waals surface area (Å²) in [5.41, 5.74) is -0.386. The van der Waals surface area contributed by atoms with Crippen LogP contribution >= 0.6 is 0 Å². The molecule has 15 heavy (non-hydrogen) atoms. The number of amides is 2. The Bertz CT molecular complexity index is 317. The van der Waals surface area contributed by atoms with Crippen LogP contribution in [0.1, 0.15) is 27.2 Å². The Balaban J connectivity index is 2.84. The van der Waals surface area contributed by atoms with E-state index in [-0.39, 0.29) is 11.8 Å². The van der Waals surface area contributed by atoms with Gasteiger partial charge in [0, 0.05) is 6.42 Å². The maximum atomic E-state index is 11.6. The van der Waals surface area contributed by atoms with Gasteiger partial charge in [0.25, 0.3) is 11.8 Å². The number of hydrogen-bond donors (Lipinski definition) is 1. The van der Waals surface area contributed by atoms with Gasteiger partial charge >= 0.3 is 6.16 Å². The Morgan fingerprint density at radius 3 is 2.33 bits per heavy atom. The number of hydrogen-bond acceptors (Lipinski definition) is 4. The first kappa shape index (κ1) is 11.5. The largest absolute Gasteiger partial charge is 0.531 e. The second-order valence-corrected chi connectivity index (χ2v) is 4.51. The molecule has 0 aromatic rings. The Kier molecular flexibility index (Phi) is 2.70. The standard InChI is InChI=1S/C9H13NO5/c1-9(2,3)5-4-6(11)10(7(5)12)15-8(13)14/h5H,4H2,1-3H3,(H,13,14). The molecule has 0 saturated carbocycles. The molecule has 6 nitrogen and oxygen atoms in total. The van der Waals surface area contributed by atoms with Gasteiger partial charge in [0.2, 0.25) is 0 Å². The van der Waals surface area contributed by atoms with Crippen molar-refractivity contribution in [2.24, 2.45) is 11.3 Å². The summed E-state index contributed by atoms with van der Waals surface area (Å²) < 4.78 is 0. The first-order valence-corrected chi connectivity index (χ1v) is 4.51. The Hall–Kier alpha value is -1.59. The van der Waals surface area contributed by atoms with Crippen LogP contribution in [0.2, 0.25) is 0 Å². The molecule has 6 heteroatoms. The highest BCUT2D eigenvalue weighted by molar-refractivity contribution is 6.03. The topological polar surface area (TPSA) is 83.9 Å². The molecule has 1 saturated heterocycles. The molecule has 0 spiro atoms. The first-order chi connectivity index (χ1) is 6.73. The summed E-state index contributed by atoms with van der Waals surface area (Å²) in [5.74, 6) is -1.72. The molecule has 1 atom stereocenters. The number of carbonyl (C=O) groups is 3. The molecule has 1 unspecified atom stereocenters. The fraction of sp³-hybridized carbons (Fsp3) is 0.667. The highest BCUT2D eigenvalue weighted by Gasteiger charge is 2.47. The molecule has 1 aliphatic rings. The second-order valence-electron chi connectivity index (χ2n) is 4.51. The Morgan fingerprint density at radius 1 is 1.47 bits per heavy atom. The van der Waals surface area contributed by atoms with Gasteiger partial charge in [0.1, 0.15) is 0 Å². The van der Waals surface area contributed by atoms with Crippen LogP contribution in [0.3, 0.4) is 0 Å². The van der Waals surface area contributed by atoms with Crippen molar-refractivity contribution in [3.8, 4) is 0 Å². The van der Waals surface area contributed by atoms with E-state index >= 15 is 0 Å². The van der Waals surface area contributed by atoms with Crippen LogP contribution in [0.5, 0.6) is 0 Å². The lowest BCUT2D eigenvalue weighted by Crippen LogP contribution is -2.35. The number of rotatable bonds is 1. The van der Waals surface area contributed by atoms with Crippen LogP contribution in [-0.2, 0) is 14.4 Å². The molecule has 1 rings (SSSR count). The van der Waals surface area contributed by atoms with Crippen molar-refractivity contribution >= 4 is 18.0 Å². The van der Waals surface area contributed by atoms with Crippen LogP contribution in [-0.4, -0.2) is 28.1 Å². The van der Waals surface area contributed by atoms with Gasteiger partial charge < -0.3 is 5.11 Å². The molecule has 84 valence electrons. The summed E-state index contributed by atoms with van der Waals surface area (Å²) in [6, 6.07) is 0. The monoisotopic (exact) mass is 215 g/mol. The molecule has 2 amide bonds. The van der Waals surface area contributed by atoms with E-state index in [4.69, 9.17) is 5.11 Å². The van der Waals surface area contributed by atoms with Crippen molar-refractivity contribution in [1.29, 1.82) is 0 Å². The average Bonchev–Trinajstić information content (AvgIpc) is 2.30. The quantitative estimate of drug-likeness (QED) is 0.660. The summed E-state index contributed by atoms with van der Waals surface area (Å²) in [7, 11) is 0. The van der Waals surface area contributed by atoms with Crippen molar-refractivity contribution < 1.29 is 24.3 Å². The van der Waals surface area contributed by atoms with Gasteiger partial charge in [-0.05, 0) is 5.41 Å². The minimum atomic E-state index is -1.66. The van der Waals surface area contributed by atoms with Crippen LogP contribution in [0, 0.1) is 11.3 Å². The van der Waals surface area contributed by atoms with Crippen LogP contribution in [0.25, 0.3) is 0 Å². The molecule has 1 fully saturated rings. The van der Waals surface area contributed by atoms with Crippen LogP contribution in [0.4, 0.5) is 4.79 Å². The summed E-state index contributed by atoms with van der Waals surface area (Å²) in [5, 5.41) is 8.66. The normalized spacial score (nSPS) is 22.1. The van der Waals surface area contributed by atoms with Gasteiger partial charge in [-0.1, -0.05) is 25.8 Å². The van der Waals surface area contributed by atoms with Crippen molar-refractivity contribution in [3.05, 3.63) is 0 Å². The van der Waals surface area contributed by atoms with Crippen molar-refractivity contribution in [1.82, 2.24) is 5.06 Å². The zero-order chi connectivity index (χ0) is 11.8. The van der Waals surface area contributed by atoms with E-state index in [1.807, 2.05) is 20.8 Å². The number of nitrogens with zero attached hydrogens (tertiary/aromatic N) is 1. The predicted octanol–water partition coefficient (Wildman–Crippen LogP) is 1.02. The third-order valence-electron chi connectivity index (χ3n) is 2.32. The number of carboxylic acid groups (broad SMARTS) is 1. The highest BCUT2D eigenvalue weighted by Crippen LogP contribution is 2.35. The van der Waals surface area contributed by atoms with E-state index in [0.717, 1.165) is 0 Å². The maximum absolute atomic E-state index is 11.6. The minimum Gasteiger partial charge on any atom is -0.448 e. The molecular weight excluding hydrogens is 202 g/mol. The summed E-state index contributed by atoms with van der Waals surface area (Å²) in [6.07, 6.45) is -1.67. The lowest BCUT2D eigenvalue weighted by atomic mass is 9.80. The first-order valence-electron chi connectivity index (χ1n) is 4.51. The summed E-state index contributed by atoms with van der Waals surface area (Å²) in [6.45, 7) is 5.44. The Labute approximate surface area is 86.8 Å². The maximum Gasteiger partial charge on any atom is 0.531 e. The summed E-state index contributed by atoms with van der Waals surface area (Å²) >= 11 is 0. The van der Waals surface area contributed by atoms with Crippen molar-refractivity contribution in [2.75, 3.05) is 0 Å². The van der Waals surface area contributed by atoms with E-state index in [1.165, 1.54) is 0 Å². The van der Waals surface area contributed by atoms with Crippen LogP contribution in [0.15, 0.2) is 0 Å². The fourth-order valence-electron chi connectivity index (χ4n) is 1.46. The third kappa shape index (κ3) is 2.26. The number of hydroxylamine groups is 2. The lowest BCUT2D eigenvalue weighted by Gasteiger charge is -2.23. The van der Waals surface area contributed by atoms with Gasteiger partial charge in [-0.3, -0.25) is 14.4 Å². The zero-order valence-electron chi connectivity index (χ0n) is 8.81. The second kappa shape index (κ2) is 3.52. The molecule has 0 aromatic heterocycles. The Morgan fingerprint density at radius 2 is 2.00 bits per heavy atom. The smallest absolute Gasteiger partial charge is 0.448 e. The summed E-state index contributed by atoms with van der Waals surface area (Å²) in [4.78, 5) is 37.3. The van der Waals surface area contributed by atoms with Gasteiger partial charge in [0.05, 0.1) is 5.92 Å². The molecule has 0 radical (unpaired) electrons. The molecule has 1 aliphatic heterocycles. The molecule has 0 aliphatic carbocycles. The van der Waals surface area contributed by atoms with E-state index in [2.05, 4.69) is 4.84 Å². The lowest BCUT2D eigenvalue weighted by molar-refractivity contribution is -0.177. The van der Waals surface area contributed by atoms with E-state index in [9.17, 15) is 14.4 Å². The van der Waals surface area contributed by atoms with Crippen molar-refractivity contribution in [3.63, 3.8) is 0 Å². The molecule has 1 N–H and O–H groups in total. The van der Waals surface area contributed by atoms with Gasteiger partial charge in [0.15, 0.2) is 0 Å². The van der Waals surface area contributed by atoms with Gasteiger partial charge in [-0.25, -0.2) is 4.79 Å². The zero-order valence-corrected chi connectivity index (χ0v) is 8.81. The number of imide groups is 1. The van der Waals surface area contributed by atoms with Gasteiger partial charge in [-0.15, -0.1) is 0 Å².